The summed E-state index contributed by atoms with van der Waals surface area (Å²) in [6.07, 6.45) is 1.17. The van der Waals surface area contributed by atoms with E-state index in [2.05, 4.69) is 23.1 Å². The zero-order valence-corrected chi connectivity index (χ0v) is 18.9. The highest BCUT2D eigenvalue weighted by Gasteiger charge is 2.22. The molecule has 4 rings (SSSR count). The normalized spacial score (nSPS) is 16.1. The van der Waals surface area contributed by atoms with Gasteiger partial charge in [-0.2, -0.15) is 0 Å². The van der Waals surface area contributed by atoms with Crippen LogP contribution in [-0.4, -0.2) is 68.1 Å². The van der Waals surface area contributed by atoms with Crippen molar-refractivity contribution in [3.63, 3.8) is 0 Å². The van der Waals surface area contributed by atoms with Gasteiger partial charge in [0.15, 0.2) is 0 Å². The predicted octanol–water partition coefficient (Wildman–Crippen LogP) is 2.72. The molecule has 2 aromatic rings. The van der Waals surface area contributed by atoms with Crippen LogP contribution in [0.3, 0.4) is 0 Å². The second kappa shape index (κ2) is 9.94. The van der Waals surface area contributed by atoms with E-state index in [0.29, 0.717) is 32.5 Å². The number of ether oxygens (including phenoxy) is 2. The van der Waals surface area contributed by atoms with Crippen LogP contribution in [0.5, 0.6) is 11.5 Å². The van der Waals surface area contributed by atoms with Gasteiger partial charge in [-0.15, -0.1) is 0 Å². The number of carbonyl (C=O) groups is 2. The first-order valence-corrected chi connectivity index (χ1v) is 11.2. The van der Waals surface area contributed by atoms with Gasteiger partial charge in [0, 0.05) is 57.3 Å². The Morgan fingerprint density at radius 1 is 0.969 bits per heavy atom. The van der Waals surface area contributed by atoms with E-state index in [-0.39, 0.29) is 11.8 Å². The predicted molar refractivity (Wildman–Crippen MR) is 123 cm³/mol. The van der Waals surface area contributed by atoms with Crippen LogP contribution in [0.4, 0.5) is 5.69 Å². The lowest BCUT2D eigenvalue weighted by Crippen LogP contribution is -2.48. The first-order valence-electron chi connectivity index (χ1n) is 11.2. The van der Waals surface area contributed by atoms with E-state index in [1.165, 1.54) is 0 Å². The number of rotatable bonds is 5. The second-order valence-corrected chi connectivity index (χ2v) is 8.30. The van der Waals surface area contributed by atoms with Crippen LogP contribution < -0.4 is 14.4 Å². The fourth-order valence-corrected chi connectivity index (χ4v) is 4.29. The first kappa shape index (κ1) is 22.0. The Balaban J connectivity index is 1.29. The molecular weight excluding hydrogens is 406 g/mol. The molecule has 1 saturated heterocycles. The number of piperazine rings is 1. The molecule has 0 aliphatic carbocycles. The number of nitrogens with zero attached hydrogens (tertiary/aromatic N) is 3. The lowest BCUT2D eigenvalue weighted by atomic mass is 10.0. The van der Waals surface area contributed by atoms with E-state index >= 15 is 0 Å². The number of carbonyl (C=O) groups excluding carboxylic acids is 2. The highest BCUT2D eigenvalue weighted by molar-refractivity contribution is 5.77. The van der Waals surface area contributed by atoms with E-state index in [1.54, 1.807) is 18.9 Å². The summed E-state index contributed by atoms with van der Waals surface area (Å²) in [7, 11) is 1.67. The summed E-state index contributed by atoms with van der Waals surface area (Å²) in [6.45, 7) is 6.37. The quantitative estimate of drug-likeness (QED) is 0.720. The molecule has 170 valence electrons. The molecule has 2 amide bonds. The van der Waals surface area contributed by atoms with E-state index in [0.717, 1.165) is 54.5 Å². The molecule has 32 heavy (non-hydrogen) atoms. The third-order valence-electron chi connectivity index (χ3n) is 6.25. The van der Waals surface area contributed by atoms with Crippen LogP contribution in [0.2, 0.25) is 0 Å². The molecule has 0 aromatic heterocycles. The van der Waals surface area contributed by atoms with Crippen LogP contribution in [0.1, 0.15) is 24.5 Å². The zero-order chi connectivity index (χ0) is 22.5. The Kier molecular flexibility index (Phi) is 6.83. The number of hydrogen-bond acceptors (Lipinski definition) is 5. The number of methoxy groups -OCH3 is 1. The minimum absolute atomic E-state index is 0.0517. The van der Waals surface area contributed by atoms with Gasteiger partial charge in [0.2, 0.25) is 11.8 Å². The van der Waals surface area contributed by atoms with Crippen molar-refractivity contribution in [2.75, 3.05) is 51.3 Å². The number of anilines is 1. The Hall–Kier alpha value is -3.22. The summed E-state index contributed by atoms with van der Waals surface area (Å²) in [5, 5.41) is 0. The standard InChI is InChI=1S/C25H31N3O4/c1-19(29)28-15-16-32-24-9-3-20(17-21(24)18-28)4-10-25(30)27-13-11-26(12-14-27)22-5-7-23(31-2)8-6-22/h3,5-9,17H,4,10-16,18H2,1-2H3. The first-order chi connectivity index (χ1) is 15.5. The molecule has 0 bridgehead atoms. The Labute approximate surface area is 189 Å². The van der Waals surface area contributed by atoms with Crippen LogP contribution in [0.15, 0.2) is 42.5 Å². The van der Waals surface area contributed by atoms with Crippen molar-refractivity contribution < 1.29 is 19.1 Å². The number of fused-ring (bicyclic) bond motifs is 1. The summed E-state index contributed by atoms with van der Waals surface area (Å²) in [4.78, 5) is 30.6. The van der Waals surface area contributed by atoms with Gasteiger partial charge in [0.1, 0.15) is 18.1 Å². The molecule has 2 aromatic carbocycles. The molecule has 7 heteroatoms. The molecule has 0 saturated carbocycles. The molecule has 7 nitrogen and oxygen atoms in total. The zero-order valence-electron chi connectivity index (χ0n) is 18.9. The highest BCUT2D eigenvalue weighted by Crippen LogP contribution is 2.25. The van der Waals surface area contributed by atoms with Gasteiger partial charge in [-0.05, 0) is 42.3 Å². The van der Waals surface area contributed by atoms with E-state index in [9.17, 15) is 9.59 Å². The van der Waals surface area contributed by atoms with Crippen LogP contribution in [0, 0.1) is 0 Å². The Morgan fingerprint density at radius 2 is 1.72 bits per heavy atom. The van der Waals surface area contributed by atoms with Crippen LogP contribution in [-0.2, 0) is 22.6 Å². The van der Waals surface area contributed by atoms with Gasteiger partial charge in [0.25, 0.3) is 0 Å². The van der Waals surface area contributed by atoms with Crippen molar-refractivity contribution in [2.45, 2.75) is 26.3 Å². The third kappa shape index (κ3) is 5.15. The molecule has 2 heterocycles. The molecule has 0 unspecified atom stereocenters. The van der Waals surface area contributed by atoms with Gasteiger partial charge in [0.05, 0.1) is 13.7 Å². The summed E-state index contributed by atoms with van der Waals surface area (Å²) in [6, 6.07) is 14.1. The highest BCUT2D eigenvalue weighted by atomic mass is 16.5. The number of aryl methyl sites for hydroxylation is 1. The van der Waals surface area contributed by atoms with Crippen LogP contribution >= 0.6 is 0 Å². The molecule has 2 aliphatic heterocycles. The summed E-state index contributed by atoms with van der Waals surface area (Å²) in [5.41, 5.74) is 3.27. The molecule has 1 fully saturated rings. The summed E-state index contributed by atoms with van der Waals surface area (Å²) < 4.78 is 11.0. The van der Waals surface area contributed by atoms with Crippen molar-refractivity contribution in [3.8, 4) is 11.5 Å². The van der Waals surface area contributed by atoms with Crippen molar-refractivity contribution in [3.05, 3.63) is 53.6 Å². The molecular formula is C25H31N3O4. The van der Waals surface area contributed by atoms with Gasteiger partial charge in [-0.3, -0.25) is 9.59 Å². The molecule has 0 atom stereocenters. The fourth-order valence-electron chi connectivity index (χ4n) is 4.29. The van der Waals surface area contributed by atoms with E-state index in [1.807, 2.05) is 29.2 Å². The molecule has 0 radical (unpaired) electrons. The number of benzene rings is 2. The lowest BCUT2D eigenvalue weighted by Gasteiger charge is -2.36. The Bertz CT molecular complexity index is 952. The lowest BCUT2D eigenvalue weighted by molar-refractivity contribution is -0.131. The van der Waals surface area contributed by atoms with Gasteiger partial charge in [-0.1, -0.05) is 12.1 Å². The Morgan fingerprint density at radius 3 is 2.41 bits per heavy atom. The summed E-state index contributed by atoms with van der Waals surface area (Å²) >= 11 is 0. The summed E-state index contributed by atoms with van der Waals surface area (Å²) in [5.74, 6) is 1.92. The molecule has 2 aliphatic rings. The maximum absolute atomic E-state index is 12.8. The van der Waals surface area contributed by atoms with Crippen molar-refractivity contribution >= 4 is 17.5 Å². The van der Waals surface area contributed by atoms with Gasteiger partial charge < -0.3 is 24.2 Å². The maximum atomic E-state index is 12.8. The van der Waals surface area contributed by atoms with Crippen LogP contribution in [0.25, 0.3) is 0 Å². The van der Waals surface area contributed by atoms with Crippen molar-refractivity contribution in [1.82, 2.24) is 9.80 Å². The van der Waals surface area contributed by atoms with E-state index < -0.39 is 0 Å². The second-order valence-electron chi connectivity index (χ2n) is 8.30. The minimum Gasteiger partial charge on any atom is -0.497 e. The average molecular weight is 438 g/mol. The smallest absolute Gasteiger partial charge is 0.223 e. The van der Waals surface area contributed by atoms with Gasteiger partial charge in [-0.25, -0.2) is 0 Å². The number of hydrogen-bond donors (Lipinski definition) is 0. The average Bonchev–Trinajstić information content (AvgIpc) is 3.05. The molecule has 0 N–H and O–H groups in total. The topological polar surface area (TPSA) is 62.3 Å². The van der Waals surface area contributed by atoms with Crippen molar-refractivity contribution in [1.29, 1.82) is 0 Å². The number of amides is 2. The fraction of sp³-hybridized carbons (Fsp3) is 0.440. The molecule has 0 spiro atoms. The van der Waals surface area contributed by atoms with Gasteiger partial charge >= 0.3 is 0 Å². The SMILES string of the molecule is COc1ccc(N2CCN(C(=O)CCc3ccc4c(c3)CN(C(C)=O)CCO4)CC2)cc1. The maximum Gasteiger partial charge on any atom is 0.223 e. The minimum atomic E-state index is 0.0517. The third-order valence-corrected chi connectivity index (χ3v) is 6.25. The van der Waals surface area contributed by atoms with Crippen molar-refractivity contribution in [2.24, 2.45) is 0 Å². The van der Waals surface area contributed by atoms with E-state index in [4.69, 9.17) is 9.47 Å². The monoisotopic (exact) mass is 437 g/mol. The largest absolute Gasteiger partial charge is 0.497 e.